The number of carbonyl (C=O) groups excluding carboxylic acids is 1. The number of hydrogen-bond donors (Lipinski definition) is 2. The molecule has 0 aromatic carbocycles. The van der Waals surface area contributed by atoms with Crippen LogP contribution in [0.2, 0.25) is 0 Å². The van der Waals surface area contributed by atoms with Crippen molar-refractivity contribution < 1.29 is 22.7 Å². The van der Waals surface area contributed by atoms with E-state index in [2.05, 4.69) is 15.6 Å². The summed E-state index contributed by atoms with van der Waals surface area (Å²) in [5.74, 6) is -0.832. The molecule has 0 spiro atoms. The smallest absolute Gasteiger partial charge is 0.381 e. The predicted octanol–water partition coefficient (Wildman–Crippen LogP) is 2.53. The van der Waals surface area contributed by atoms with Crippen LogP contribution in [0.5, 0.6) is 0 Å². The zero-order valence-corrected chi connectivity index (χ0v) is 18.2. The van der Waals surface area contributed by atoms with E-state index in [1.807, 2.05) is 0 Å². The van der Waals surface area contributed by atoms with Gasteiger partial charge in [0, 0.05) is 39.4 Å². The average Bonchev–Trinajstić information content (AvgIpc) is 2.60. The van der Waals surface area contributed by atoms with Gasteiger partial charge in [0.2, 0.25) is 5.91 Å². The summed E-state index contributed by atoms with van der Waals surface area (Å²) < 4.78 is 43.8. The van der Waals surface area contributed by atoms with E-state index >= 15 is 0 Å². The fourth-order valence-electron chi connectivity index (χ4n) is 3.21. The summed E-state index contributed by atoms with van der Waals surface area (Å²) in [6.07, 6.45) is -1.29. The van der Waals surface area contributed by atoms with E-state index in [1.165, 1.54) is 4.90 Å². The van der Waals surface area contributed by atoms with Crippen molar-refractivity contribution >= 4 is 35.8 Å². The molecule has 2 N–H and O–H groups in total. The second-order valence-electron chi connectivity index (χ2n) is 7.22. The second kappa shape index (κ2) is 11.3. The molecule has 1 saturated carbocycles. The van der Waals surface area contributed by atoms with Crippen molar-refractivity contribution in [1.82, 2.24) is 15.5 Å². The number of carbonyl (C=O) groups is 1. The molecule has 2 aliphatic rings. The number of guanidine groups is 1. The molecular formula is C17H30F3IN4O2. The number of hydrogen-bond acceptors (Lipinski definition) is 3. The molecule has 158 valence electrons. The summed E-state index contributed by atoms with van der Waals surface area (Å²) in [5, 5.41) is 6.53. The molecule has 0 aromatic rings. The highest BCUT2D eigenvalue weighted by Gasteiger charge is 2.41. The van der Waals surface area contributed by atoms with Crippen LogP contribution in [0.15, 0.2) is 4.99 Å². The first kappa shape index (κ1) is 24.3. The number of amides is 1. The van der Waals surface area contributed by atoms with E-state index in [9.17, 15) is 18.0 Å². The van der Waals surface area contributed by atoms with Crippen molar-refractivity contribution in [2.24, 2.45) is 10.9 Å². The highest BCUT2D eigenvalue weighted by Crippen LogP contribution is 2.37. The van der Waals surface area contributed by atoms with Gasteiger partial charge in [-0.3, -0.25) is 4.79 Å². The Kier molecular flexibility index (Phi) is 10.1. The maximum Gasteiger partial charge on any atom is 0.391 e. The van der Waals surface area contributed by atoms with E-state index in [0.29, 0.717) is 32.0 Å². The molecule has 2 fully saturated rings. The Morgan fingerprint density at radius 1 is 1.04 bits per heavy atom. The van der Waals surface area contributed by atoms with Gasteiger partial charge in [0.25, 0.3) is 0 Å². The summed E-state index contributed by atoms with van der Waals surface area (Å²) in [6, 6.07) is 0.130. The van der Waals surface area contributed by atoms with Gasteiger partial charge in [-0.15, -0.1) is 24.0 Å². The van der Waals surface area contributed by atoms with E-state index in [4.69, 9.17) is 4.74 Å². The van der Waals surface area contributed by atoms with E-state index in [0.717, 1.165) is 12.8 Å². The monoisotopic (exact) mass is 506 g/mol. The maximum atomic E-state index is 12.8. The number of alkyl halides is 3. The first-order chi connectivity index (χ1) is 12.3. The molecule has 2 rings (SSSR count). The summed E-state index contributed by atoms with van der Waals surface area (Å²) in [7, 11) is 3.32. The van der Waals surface area contributed by atoms with Crippen molar-refractivity contribution in [2.45, 2.75) is 56.8 Å². The van der Waals surface area contributed by atoms with Gasteiger partial charge in [-0.25, -0.2) is 4.99 Å². The molecule has 0 radical (unpaired) electrons. The molecule has 0 aromatic heterocycles. The van der Waals surface area contributed by atoms with E-state index in [1.54, 1.807) is 14.1 Å². The van der Waals surface area contributed by atoms with Crippen molar-refractivity contribution in [3.63, 3.8) is 0 Å². The van der Waals surface area contributed by atoms with Gasteiger partial charge < -0.3 is 20.3 Å². The van der Waals surface area contributed by atoms with Crippen LogP contribution >= 0.6 is 24.0 Å². The maximum absolute atomic E-state index is 12.8. The average molecular weight is 506 g/mol. The van der Waals surface area contributed by atoms with Crippen LogP contribution in [0.25, 0.3) is 0 Å². The topological polar surface area (TPSA) is 66.0 Å². The standard InChI is InChI=1S/C17H29F3N4O2.HI/c1-24(2)15(25)11-21-16(23-14-7-9-26-10-8-14)22-13-5-3-12(4-6-13)17(18,19)20;/h12-14H,3-11H2,1-2H3,(H2,21,22,23);1H. The summed E-state index contributed by atoms with van der Waals surface area (Å²) >= 11 is 0. The quantitative estimate of drug-likeness (QED) is 0.350. The van der Waals surface area contributed by atoms with Gasteiger partial charge in [-0.1, -0.05) is 0 Å². The van der Waals surface area contributed by atoms with Crippen molar-refractivity contribution in [3.8, 4) is 0 Å². The molecule has 1 aliphatic carbocycles. The Bertz CT molecular complexity index is 489. The third-order valence-corrected chi connectivity index (χ3v) is 4.96. The van der Waals surface area contributed by atoms with Gasteiger partial charge >= 0.3 is 6.18 Å². The lowest BCUT2D eigenvalue weighted by Crippen LogP contribution is -2.50. The van der Waals surface area contributed by atoms with E-state index in [-0.39, 0.29) is 61.4 Å². The molecule has 0 bridgehead atoms. The third kappa shape index (κ3) is 8.41. The van der Waals surface area contributed by atoms with Gasteiger partial charge in [-0.2, -0.15) is 13.2 Å². The van der Waals surface area contributed by atoms with Crippen molar-refractivity contribution in [1.29, 1.82) is 0 Å². The van der Waals surface area contributed by atoms with Crippen molar-refractivity contribution in [2.75, 3.05) is 33.9 Å². The zero-order chi connectivity index (χ0) is 19.2. The molecule has 10 heteroatoms. The lowest BCUT2D eigenvalue weighted by molar-refractivity contribution is -0.182. The molecule has 27 heavy (non-hydrogen) atoms. The fraction of sp³-hybridized carbons (Fsp3) is 0.882. The van der Waals surface area contributed by atoms with Crippen molar-refractivity contribution in [3.05, 3.63) is 0 Å². The lowest BCUT2D eigenvalue weighted by Gasteiger charge is -2.32. The molecular weight excluding hydrogens is 476 g/mol. The number of halogens is 4. The van der Waals surface area contributed by atoms with Crippen LogP contribution < -0.4 is 10.6 Å². The van der Waals surface area contributed by atoms with Crippen LogP contribution in [0, 0.1) is 5.92 Å². The molecule has 1 saturated heterocycles. The van der Waals surface area contributed by atoms with Gasteiger partial charge in [0.1, 0.15) is 6.54 Å². The Labute approximate surface area is 175 Å². The Hall–Kier alpha value is -0.780. The van der Waals surface area contributed by atoms with Crippen LogP contribution in [0.3, 0.4) is 0 Å². The largest absolute Gasteiger partial charge is 0.391 e. The van der Waals surface area contributed by atoms with Crippen LogP contribution in [-0.2, 0) is 9.53 Å². The first-order valence-corrected chi connectivity index (χ1v) is 9.18. The summed E-state index contributed by atoms with van der Waals surface area (Å²) in [4.78, 5) is 17.6. The predicted molar refractivity (Wildman–Crippen MR) is 108 cm³/mol. The van der Waals surface area contributed by atoms with Crippen LogP contribution in [0.1, 0.15) is 38.5 Å². The second-order valence-corrected chi connectivity index (χ2v) is 7.22. The van der Waals surface area contributed by atoms with E-state index < -0.39 is 12.1 Å². The Balaban J connectivity index is 0.00000364. The molecule has 0 unspecified atom stereocenters. The summed E-state index contributed by atoms with van der Waals surface area (Å²) in [5.41, 5.74) is 0. The van der Waals surface area contributed by atoms with Crippen LogP contribution in [0.4, 0.5) is 13.2 Å². The molecule has 1 heterocycles. The number of aliphatic imine (C=N–C) groups is 1. The first-order valence-electron chi connectivity index (χ1n) is 9.18. The highest BCUT2D eigenvalue weighted by molar-refractivity contribution is 14.0. The lowest BCUT2D eigenvalue weighted by atomic mass is 9.85. The molecule has 1 aliphatic heterocycles. The van der Waals surface area contributed by atoms with Gasteiger partial charge in [0.05, 0.1) is 5.92 Å². The minimum absolute atomic E-state index is 0. The van der Waals surface area contributed by atoms with Crippen LogP contribution in [-0.4, -0.2) is 68.9 Å². The minimum Gasteiger partial charge on any atom is -0.381 e. The zero-order valence-electron chi connectivity index (χ0n) is 15.8. The number of rotatable bonds is 4. The SMILES string of the molecule is CN(C)C(=O)CN=C(NC1CCOCC1)NC1CCC(C(F)(F)F)CC1.I. The normalized spacial score (nSPS) is 24.7. The number of nitrogens with one attached hydrogen (secondary N) is 2. The fourth-order valence-corrected chi connectivity index (χ4v) is 3.21. The molecule has 6 nitrogen and oxygen atoms in total. The summed E-state index contributed by atoms with van der Waals surface area (Å²) in [6.45, 7) is 1.33. The number of ether oxygens (including phenoxy) is 1. The minimum atomic E-state index is -4.11. The third-order valence-electron chi connectivity index (χ3n) is 4.96. The van der Waals surface area contributed by atoms with Gasteiger partial charge in [-0.05, 0) is 38.5 Å². The molecule has 1 amide bonds. The van der Waals surface area contributed by atoms with Gasteiger partial charge in [0.15, 0.2) is 5.96 Å². The Morgan fingerprint density at radius 3 is 2.04 bits per heavy atom. The molecule has 0 atom stereocenters. The number of nitrogens with zero attached hydrogens (tertiary/aromatic N) is 2. The highest BCUT2D eigenvalue weighted by atomic mass is 127. The number of likely N-dealkylation sites (N-methyl/N-ethyl adjacent to an activating group) is 1. The Morgan fingerprint density at radius 2 is 1.56 bits per heavy atom.